The highest BCUT2D eigenvalue weighted by atomic mass is 16.1. The van der Waals surface area contributed by atoms with Crippen LogP contribution in [0, 0.1) is 28.6 Å². The van der Waals surface area contributed by atoms with E-state index in [-0.39, 0.29) is 5.91 Å². The maximum atomic E-state index is 12.4. The van der Waals surface area contributed by atoms with Crippen molar-refractivity contribution in [1.29, 1.82) is 5.26 Å². The second kappa shape index (κ2) is 6.38. The van der Waals surface area contributed by atoms with Gasteiger partial charge in [0.15, 0.2) is 0 Å². The Labute approximate surface area is 129 Å². The number of hydrogen-bond donors (Lipinski definition) is 1. The molecule has 3 nitrogen and oxygen atoms in total. The van der Waals surface area contributed by atoms with Gasteiger partial charge >= 0.3 is 0 Å². The molecule has 0 aromatic rings. The number of carbonyl (C=O) groups excluding carboxylic acids is 1. The Kier molecular flexibility index (Phi) is 4.96. The zero-order valence-corrected chi connectivity index (χ0v) is 13.9. The molecule has 2 fully saturated rings. The number of hydrogen-bond acceptors (Lipinski definition) is 2. The Morgan fingerprint density at radius 2 is 1.90 bits per heavy atom. The van der Waals surface area contributed by atoms with Crippen molar-refractivity contribution in [3.63, 3.8) is 0 Å². The minimum absolute atomic E-state index is 0.0911. The first-order valence-corrected chi connectivity index (χ1v) is 8.56. The van der Waals surface area contributed by atoms with Crippen LogP contribution in [0.4, 0.5) is 0 Å². The highest BCUT2D eigenvalue weighted by Gasteiger charge is 2.36. The van der Waals surface area contributed by atoms with Gasteiger partial charge in [-0.2, -0.15) is 5.26 Å². The minimum atomic E-state index is -0.578. The topological polar surface area (TPSA) is 52.9 Å². The molecule has 2 saturated carbocycles. The van der Waals surface area contributed by atoms with E-state index in [0.717, 1.165) is 38.5 Å². The van der Waals surface area contributed by atoms with Crippen LogP contribution in [-0.4, -0.2) is 11.4 Å². The van der Waals surface area contributed by atoms with Crippen molar-refractivity contribution in [3.8, 4) is 6.07 Å². The Bertz CT molecular complexity index is 415. The second-order valence-electron chi connectivity index (χ2n) is 8.29. The Hall–Kier alpha value is -1.04. The van der Waals surface area contributed by atoms with Gasteiger partial charge in [0.1, 0.15) is 5.54 Å². The Morgan fingerprint density at radius 1 is 1.24 bits per heavy atom. The first kappa shape index (κ1) is 16.3. The minimum Gasteiger partial charge on any atom is -0.338 e. The van der Waals surface area contributed by atoms with E-state index in [2.05, 4.69) is 32.2 Å². The van der Waals surface area contributed by atoms with Gasteiger partial charge in [-0.1, -0.05) is 40.0 Å². The van der Waals surface area contributed by atoms with Gasteiger partial charge in [0.25, 0.3) is 0 Å². The van der Waals surface area contributed by atoms with Crippen LogP contribution in [0.3, 0.4) is 0 Å². The summed E-state index contributed by atoms with van der Waals surface area (Å²) >= 11 is 0. The molecule has 0 aliphatic heterocycles. The third kappa shape index (κ3) is 4.46. The van der Waals surface area contributed by atoms with Crippen LogP contribution in [0.2, 0.25) is 0 Å². The van der Waals surface area contributed by atoms with Crippen LogP contribution in [0.25, 0.3) is 0 Å². The van der Waals surface area contributed by atoms with E-state index in [1.807, 2.05) is 0 Å². The molecular formula is C18H30N2O. The largest absolute Gasteiger partial charge is 0.338 e. The zero-order valence-electron chi connectivity index (χ0n) is 13.9. The summed E-state index contributed by atoms with van der Waals surface area (Å²) in [4.78, 5) is 12.4. The third-order valence-corrected chi connectivity index (χ3v) is 5.25. The first-order valence-electron chi connectivity index (χ1n) is 8.56. The van der Waals surface area contributed by atoms with Crippen LogP contribution in [0.1, 0.15) is 78.6 Å². The Morgan fingerprint density at radius 3 is 2.48 bits per heavy atom. The molecule has 2 aliphatic rings. The molecule has 0 heterocycles. The van der Waals surface area contributed by atoms with Gasteiger partial charge in [0.2, 0.25) is 5.91 Å². The van der Waals surface area contributed by atoms with Crippen LogP contribution < -0.4 is 5.32 Å². The van der Waals surface area contributed by atoms with Gasteiger partial charge in [-0.25, -0.2) is 0 Å². The van der Waals surface area contributed by atoms with Crippen molar-refractivity contribution in [2.45, 2.75) is 84.1 Å². The van der Waals surface area contributed by atoms with Gasteiger partial charge < -0.3 is 5.32 Å². The summed E-state index contributed by atoms with van der Waals surface area (Å²) in [5.41, 5.74) is -0.231. The van der Waals surface area contributed by atoms with Crippen molar-refractivity contribution in [1.82, 2.24) is 5.32 Å². The molecule has 3 heteroatoms. The number of rotatable bonds is 3. The number of carbonyl (C=O) groups is 1. The summed E-state index contributed by atoms with van der Waals surface area (Å²) < 4.78 is 0. The number of nitrogens with one attached hydrogen (secondary N) is 1. The number of nitriles is 1. The maximum Gasteiger partial charge on any atom is 0.221 e. The lowest BCUT2D eigenvalue weighted by molar-refractivity contribution is -0.124. The number of nitrogens with zero attached hydrogens (tertiary/aromatic N) is 1. The van der Waals surface area contributed by atoms with E-state index in [9.17, 15) is 10.1 Å². The molecule has 2 aliphatic carbocycles. The molecule has 0 unspecified atom stereocenters. The highest BCUT2D eigenvalue weighted by Crippen LogP contribution is 2.42. The van der Waals surface area contributed by atoms with Gasteiger partial charge in [0, 0.05) is 6.42 Å². The van der Waals surface area contributed by atoms with Crippen molar-refractivity contribution < 1.29 is 4.79 Å². The lowest BCUT2D eigenvalue weighted by Gasteiger charge is -2.39. The van der Waals surface area contributed by atoms with Gasteiger partial charge in [0.05, 0.1) is 6.07 Å². The van der Waals surface area contributed by atoms with Crippen LogP contribution in [0.15, 0.2) is 0 Å². The van der Waals surface area contributed by atoms with E-state index < -0.39 is 5.54 Å². The second-order valence-corrected chi connectivity index (χ2v) is 8.29. The van der Waals surface area contributed by atoms with Gasteiger partial charge in [-0.05, 0) is 49.4 Å². The summed E-state index contributed by atoms with van der Waals surface area (Å²) in [6.45, 7) is 6.92. The summed E-state index contributed by atoms with van der Waals surface area (Å²) in [6, 6.07) is 2.38. The molecule has 118 valence electrons. The van der Waals surface area contributed by atoms with E-state index in [1.54, 1.807) is 0 Å². The highest BCUT2D eigenvalue weighted by molar-refractivity contribution is 5.77. The predicted molar refractivity (Wildman–Crippen MR) is 84.5 cm³/mol. The smallest absolute Gasteiger partial charge is 0.221 e. The van der Waals surface area contributed by atoms with Crippen LogP contribution in [-0.2, 0) is 4.79 Å². The van der Waals surface area contributed by atoms with Crippen LogP contribution in [0.5, 0.6) is 0 Å². The summed E-state index contributed by atoms with van der Waals surface area (Å²) in [7, 11) is 0. The molecule has 21 heavy (non-hydrogen) atoms. The fourth-order valence-corrected chi connectivity index (χ4v) is 4.70. The molecule has 0 saturated heterocycles. The predicted octanol–water partition coefficient (Wildman–Crippen LogP) is 4.18. The summed E-state index contributed by atoms with van der Waals surface area (Å²) in [6.07, 6.45) is 9.07. The zero-order chi connectivity index (χ0) is 15.5. The maximum absolute atomic E-state index is 12.4. The monoisotopic (exact) mass is 290 g/mol. The molecule has 0 aromatic heterocycles. The van der Waals surface area contributed by atoms with Crippen molar-refractivity contribution in [2.75, 3.05) is 0 Å². The fourth-order valence-electron chi connectivity index (χ4n) is 4.70. The van der Waals surface area contributed by atoms with Gasteiger partial charge in [-0.3, -0.25) is 4.79 Å². The average molecular weight is 290 g/mol. The quantitative estimate of drug-likeness (QED) is 0.847. The summed E-state index contributed by atoms with van der Waals surface area (Å²) in [5, 5.41) is 12.5. The van der Waals surface area contributed by atoms with Crippen molar-refractivity contribution in [2.24, 2.45) is 17.3 Å². The third-order valence-electron chi connectivity index (χ3n) is 5.25. The first-order chi connectivity index (χ1) is 9.84. The molecule has 2 rings (SSSR count). The molecule has 1 amide bonds. The Balaban J connectivity index is 1.90. The standard InChI is InChI=1S/C18H30N2O/c1-14-9-15(12-17(2,3)11-14)10-16(21)20-18(13-19)7-5-4-6-8-18/h14-15H,4-12H2,1-3H3,(H,20,21)/t14-,15+/m0/s1. The molecule has 0 bridgehead atoms. The van der Waals surface area contributed by atoms with E-state index in [1.165, 1.54) is 12.8 Å². The van der Waals surface area contributed by atoms with Gasteiger partial charge in [-0.15, -0.1) is 0 Å². The molecule has 0 radical (unpaired) electrons. The number of amides is 1. The fraction of sp³-hybridized carbons (Fsp3) is 0.889. The average Bonchev–Trinajstić information content (AvgIpc) is 2.37. The van der Waals surface area contributed by atoms with E-state index in [0.29, 0.717) is 23.7 Å². The normalized spacial score (nSPS) is 31.1. The molecule has 0 aromatic carbocycles. The lowest BCUT2D eigenvalue weighted by Crippen LogP contribution is -2.49. The molecule has 0 spiro atoms. The van der Waals surface area contributed by atoms with Crippen molar-refractivity contribution >= 4 is 5.91 Å². The van der Waals surface area contributed by atoms with E-state index in [4.69, 9.17) is 0 Å². The van der Waals surface area contributed by atoms with Crippen molar-refractivity contribution in [3.05, 3.63) is 0 Å². The SMILES string of the molecule is C[C@H]1C[C@H](CC(=O)NC2(C#N)CCCCC2)CC(C)(C)C1. The molecular weight excluding hydrogens is 260 g/mol. The summed E-state index contributed by atoms with van der Waals surface area (Å²) in [5.74, 6) is 1.27. The van der Waals surface area contributed by atoms with Crippen LogP contribution >= 0.6 is 0 Å². The lowest BCUT2D eigenvalue weighted by atomic mass is 9.67. The van der Waals surface area contributed by atoms with E-state index >= 15 is 0 Å². The molecule has 1 N–H and O–H groups in total. The molecule has 2 atom stereocenters.